The Kier molecular flexibility index (Phi) is 7.12. The number of carbonyl (C=O) groups is 3. The predicted octanol–water partition coefficient (Wildman–Crippen LogP) is 6.24. The van der Waals surface area contributed by atoms with Crippen LogP contribution in [0.25, 0.3) is 0 Å². The summed E-state index contributed by atoms with van der Waals surface area (Å²) in [5.74, 6) is -0.0656. The molecule has 6 heteroatoms. The summed E-state index contributed by atoms with van der Waals surface area (Å²) in [7, 11) is 1.76. The number of hydrogen-bond acceptors (Lipinski definition) is 5. The third kappa shape index (κ3) is 4.02. The molecule has 0 aromatic rings. The molecule has 3 saturated carbocycles. The van der Waals surface area contributed by atoms with Crippen molar-refractivity contribution >= 4 is 17.7 Å². The summed E-state index contributed by atoms with van der Waals surface area (Å²) in [4.78, 5) is 39.2. The number of amides is 1. The molecule has 0 radical (unpaired) electrons. The van der Waals surface area contributed by atoms with E-state index in [4.69, 9.17) is 4.74 Å². The molecule has 0 aliphatic heterocycles. The lowest BCUT2D eigenvalue weighted by Gasteiger charge is -2.70. The van der Waals surface area contributed by atoms with Crippen LogP contribution >= 0.6 is 0 Å². The number of fused-ring (bicyclic) bond motifs is 7. The Morgan fingerprint density at radius 3 is 2.29 bits per heavy atom. The van der Waals surface area contributed by atoms with Crippen molar-refractivity contribution in [1.29, 1.82) is 0 Å². The van der Waals surface area contributed by atoms with Gasteiger partial charge < -0.3 is 15.2 Å². The zero-order valence-electron chi connectivity index (χ0n) is 26.5. The topological polar surface area (TPSA) is 92.7 Å². The first-order valence-corrected chi connectivity index (χ1v) is 15.8. The van der Waals surface area contributed by atoms with Gasteiger partial charge in [-0.1, -0.05) is 59.3 Å². The van der Waals surface area contributed by atoms with Crippen LogP contribution in [-0.2, 0) is 19.1 Å². The fraction of sp³-hybridized carbons (Fsp3) is 0.743. The number of carbonyl (C=O) groups excluding carboxylic acids is 3. The van der Waals surface area contributed by atoms with Crippen LogP contribution in [0.15, 0.2) is 34.9 Å². The number of aliphatic hydroxyl groups excluding tert-OH is 1. The van der Waals surface area contributed by atoms with Crippen LogP contribution in [0.4, 0.5) is 0 Å². The fourth-order valence-electron chi connectivity index (χ4n) is 10.0. The van der Waals surface area contributed by atoms with Crippen LogP contribution < -0.4 is 5.32 Å². The highest BCUT2D eigenvalue weighted by molar-refractivity contribution is 5.99. The van der Waals surface area contributed by atoms with Crippen LogP contribution in [0.5, 0.6) is 0 Å². The zero-order chi connectivity index (χ0) is 30.2. The molecular weight excluding hydrogens is 514 g/mol. The Labute approximate surface area is 246 Å². The second-order valence-corrected chi connectivity index (χ2v) is 15.4. The van der Waals surface area contributed by atoms with Crippen LogP contribution in [0, 0.1) is 38.4 Å². The maximum absolute atomic E-state index is 13.7. The number of rotatable bonds is 5. The van der Waals surface area contributed by atoms with Crippen molar-refractivity contribution in [3.8, 4) is 0 Å². The first-order chi connectivity index (χ1) is 19.1. The van der Waals surface area contributed by atoms with E-state index in [0.29, 0.717) is 12.3 Å². The molecule has 0 unspecified atom stereocenters. The molecule has 5 rings (SSSR count). The smallest absolute Gasteiger partial charge is 0.306 e. The lowest BCUT2D eigenvalue weighted by atomic mass is 9.34. The highest BCUT2D eigenvalue weighted by Gasteiger charge is 2.68. The van der Waals surface area contributed by atoms with E-state index < -0.39 is 17.5 Å². The highest BCUT2D eigenvalue weighted by atomic mass is 16.5. The van der Waals surface area contributed by atoms with Gasteiger partial charge in [0.15, 0.2) is 11.9 Å². The molecule has 0 aromatic heterocycles. The Bertz CT molecular complexity index is 1260. The number of ketones is 1. The van der Waals surface area contributed by atoms with Crippen molar-refractivity contribution in [2.75, 3.05) is 13.7 Å². The quantitative estimate of drug-likeness (QED) is 0.385. The van der Waals surface area contributed by atoms with Crippen LogP contribution in [0.3, 0.4) is 0 Å². The van der Waals surface area contributed by atoms with Crippen LogP contribution in [0.2, 0.25) is 0 Å². The normalized spacial score (nSPS) is 45.1. The van der Waals surface area contributed by atoms with Gasteiger partial charge in [-0.3, -0.25) is 14.4 Å². The zero-order valence-corrected chi connectivity index (χ0v) is 26.5. The van der Waals surface area contributed by atoms with Gasteiger partial charge >= 0.3 is 5.97 Å². The van der Waals surface area contributed by atoms with E-state index in [1.165, 1.54) is 5.57 Å². The summed E-state index contributed by atoms with van der Waals surface area (Å²) in [5.41, 5.74) is 1.67. The minimum Gasteiger partial charge on any atom is -0.453 e. The van der Waals surface area contributed by atoms with E-state index in [-0.39, 0.29) is 51.8 Å². The van der Waals surface area contributed by atoms with E-state index >= 15 is 0 Å². The van der Waals surface area contributed by atoms with Gasteiger partial charge in [0.1, 0.15) is 0 Å². The molecule has 2 N–H and O–H groups in total. The predicted molar refractivity (Wildman–Crippen MR) is 160 cm³/mol. The minimum absolute atomic E-state index is 0.00409. The van der Waals surface area contributed by atoms with E-state index in [0.717, 1.165) is 56.1 Å². The van der Waals surface area contributed by atoms with Crippen molar-refractivity contribution in [2.24, 2.45) is 38.4 Å². The number of aliphatic hydroxyl groups is 1. The lowest BCUT2D eigenvalue weighted by molar-refractivity contribution is -0.169. The maximum atomic E-state index is 13.7. The van der Waals surface area contributed by atoms with E-state index in [1.54, 1.807) is 13.1 Å². The summed E-state index contributed by atoms with van der Waals surface area (Å²) in [6, 6.07) is 0. The monoisotopic (exact) mass is 565 g/mol. The molecule has 0 spiro atoms. The molecule has 0 saturated heterocycles. The van der Waals surface area contributed by atoms with Crippen molar-refractivity contribution in [1.82, 2.24) is 5.32 Å². The lowest BCUT2D eigenvalue weighted by Crippen LogP contribution is -2.63. The minimum atomic E-state index is -1.02. The number of ether oxygens (including phenoxy) is 1. The summed E-state index contributed by atoms with van der Waals surface area (Å²) < 4.78 is 5.72. The van der Waals surface area contributed by atoms with Gasteiger partial charge in [0.25, 0.3) is 0 Å². The number of allylic oxidation sites excluding steroid dienone is 4. The molecule has 1 amide bonds. The summed E-state index contributed by atoms with van der Waals surface area (Å²) in [5, 5.41) is 13.6. The molecule has 0 bridgehead atoms. The van der Waals surface area contributed by atoms with Crippen LogP contribution in [-0.4, -0.2) is 42.5 Å². The van der Waals surface area contributed by atoms with Gasteiger partial charge in [0.2, 0.25) is 5.91 Å². The van der Waals surface area contributed by atoms with Crippen LogP contribution in [0.1, 0.15) is 106 Å². The molecule has 5 aliphatic rings. The molecule has 5 aliphatic carbocycles. The maximum Gasteiger partial charge on any atom is 0.306 e. The Morgan fingerprint density at radius 1 is 0.976 bits per heavy atom. The Morgan fingerprint density at radius 2 is 1.66 bits per heavy atom. The largest absolute Gasteiger partial charge is 0.453 e. The SMILES string of the molecule is CCCC(=O)O[C@H]1C(=O)C=C2C(=CC=C3[C@@]2(C)CC[C@@]2(C)[C@@H]4C[C@](C)(C(=O)NC)CC[C@]4(C)CC[C@]32C)[C@]1(C)CO. The molecule has 8 atom stereocenters. The van der Waals surface area contributed by atoms with Gasteiger partial charge in [0, 0.05) is 24.3 Å². The van der Waals surface area contributed by atoms with E-state index in [9.17, 15) is 19.5 Å². The van der Waals surface area contributed by atoms with Crippen molar-refractivity contribution in [2.45, 2.75) is 112 Å². The third-order valence-electron chi connectivity index (χ3n) is 13.2. The molecule has 41 heavy (non-hydrogen) atoms. The second kappa shape index (κ2) is 9.65. The molecule has 6 nitrogen and oxygen atoms in total. The Hall–Kier alpha value is -2.21. The average molecular weight is 566 g/mol. The molecular formula is C35H51NO5. The molecule has 226 valence electrons. The van der Waals surface area contributed by atoms with Gasteiger partial charge in [-0.2, -0.15) is 0 Å². The van der Waals surface area contributed by atoms with E-state index in [1.807, 2.05) is 13.8 Å². The van der Waals surface area contributed by atoms with Gasteiger partial charge in [-0.25, -0.2) is 0 Å². The summed E-state index contributed by atoms with van der Waals surface area (Å²) in [6.45, 7) is 15.3. The molecule has 0 aromatic carbocycles. The van der Waals surface area contributed by atoms with Crippen molar-refractivity contribution in [3.63, 3.8) is 0 Å². The first-order valence-electron chi connectivity index (χ1n) is 15.8. The van der Waals surface area contributed by atoms with Crippen molar-refractivity contribution < 1.29 is 24.2 Å². The standard InChI is InChI=1S/C35H51NO5/c1-9-10-27(39)41-28-24(38)19-23-22(33(28,5)21-37)11-12-25-32(23,4)16-18-35(7)26-20-31(3,29(40)36-8)14-13-30(26,2)15-17-34(25,35)6/h11-12,19,26,28,37H,9-10,13-18,20-21H2,1-8H3,(H,36,40)/t26-,28+,30-,31-,32+,33+,34-,35+/m1/s1. The van der Waals surface area contributed by atoms with Crippen molar-refractivity contribution in [3.05, 3.63) is 34.9 Å². The first kappa shape index (κ1) is 30.3. The fourth-order valence-corrected chi connectivity index (χ4v) is 10.0. The summed E-state index contributed by atoms with van der Waals surface area (Å²) in [6.07, 6.45) is 13.0. The molecule has 3 fully saturated rings. The number of hydrogen-bond donors (Lipinski definition) is 2. The van der Waals surface area contributed by atoms with Gasteiger partial charge in [-0.05, 0) is 97.7 Å². The second-order valence-electron chi connectivity index (χ2n) is 15.4. The van der Waals surface area contributed by atoms with Gasteiger partial charge in [-0.15, -0.1) is 0 Å². The number of esters is 1. The third-order valence-corrected chi connectivity index (χ3v) is 13.2. The number of nitrogens with one attached hydrogen (secondary N) is 1. The molecule has 0 heterocycles. The van der Waals surface area contributed by atoms with E-state index in [2.05, 4.69) is 52.1 Å². The Balaban J connectivity index is 1.59. The van der Waals surface area contributed by atoms with Gasteiger partial charge in [0.05, 0.1) is 12.0 Å². The summed E-state index contributed by atoms with van der Waals surface area (Å²) >= 11 is 0. The highest BCUT2D eigenvalue weighted by Crippen LogP contribution is 2.75. The average Bonchev–Trinajstić information content (AvgIpc) is 2.93.